The van der Waals surface area contributed by atoms with Crippen molar-refractivity contribution in [3.05, 3.63) is 78.1 Å². The first kappa shape index (κ1) is 19.8. The highest BCUT2D eigenvalue weighted by Crippen LogP contribution is 2.21. The van der Waals surface area contributed by atoms with E-state index in [4.69, 9.17) is 11.6 Å². The normalized spacial score (nSPS) is 11.9. The Balaban J connectivity index is 2.32. The number of fused-ring (bicyclic) bond motifs is 1. The van der Waals surface area contributed by atoms with Crippen molar-refractivity contribution in [2.24, 2.45) is 0 Å². The van der Waals surface area contributed by atoms with Crippen LogP contribution in [0.1, 0.15) is 19.4 Å². The maximum absolute atomic E-state index is 14.6. The van der Waals surface area contributed by atoms with Crippen molar-refractivity contribution in [3.63, 3.8) is 0 Å². The van der Waals surface area contributed by atoms with Crippen molar-refractivity contribution < 1.29 is 9.50 Å². The van der Waals surface area contributed by atoms with Crippen molar-refractivity contribution in [3.8, 4) is 0 Å². The zero-order chi connectivity index (χ0) is 19.9. The van der Waals surface area contributed by atoms with Crippen molar-refractivity contribution >= 4 is 38.4 Å². The minimum atomic E-state index is -1.29. The molecular weight excluding hydrogens is 439 g/mol. The Kier molecular flexibility index (Phi) is 5.29. The number of nitrogens with zero attached hydrogens (tertiary/aromatic N) is 2. The lowest BCUT2D eigenvalue weighted by atomic mass is 10.1. The molecule has 0 atom stereocenters. The molecule has 3 aromatic rings. The first-order valence-corrected chi connectivity index (χ1v) is 9.33. The summed E-state index contributed by atoms with van der Waals surface area (Å²) in [6.07, 6.45) is 0. The van der Waals surface area contributed by atoms with Crippen LogP contribution in [-0.4, -0.2) is 19.8 Å². The molecule has 0 amide bonds. The molecule has 0 fully saturated rings. The standard InChI is InChI=1S/C19H17BrClFN2O3/c1-19(2,27)10-24-16-14(7-13(21)8-15(16)22)17(25)23(18(24)26)9-11-3-5-12(20)6-4-11/h3-8,27H,9-10H2,1-2H3. The fraction of sp³-hybridized carbons (Fsp3) is 0.263. The molecule has 5 nitrogen and oxygen atoms in total. The second-order valence-electron chi connectivity index (χ2n) is 6.98. The van der Waals surface area contributed by atoms with Crippen LogP contribution in [0.2, 0.25) is 5.02 Å². The third kappa shape index (κ3) is 4.15. The third-order valence-corrected chi connectivity index (χ3v) is 4.78. The third-order valence-electron chi connectivity index (χ3n) is 4.03. The van der Waals surface area contributed by atoms with Crippen LogP contribution >= 0.6 is 27.5 Å². The van der Waals surface area contributed by atoms with Crippen LogP contribution in [0.3, 0.4) is 0 Å². The Hall–Kier alpha value is -1.96. The highest BCUT2D eigenvalue weighted by atomic mass is 79.9. The molecule has 8 heteroatoms. The number of hydrogen-bond acceptors (Lipinski definition) is 3. The van der Waals surface area contributed by atoms with Crippen LogP contribution in [0.4, 0.5) is 4.39 Å². The van der Waals surface area contributed by atoms with E-state index < -0.39 is 22.7 Å². The fourth-order valence-corrected chi connectivity index (χ4v) is 3.39. The molecule has 0 aliphatic heterocycles. The van der Waals surface area contributed by atoms with Gasteiger partial charge in [0.1, 0.15) is 5.82 Å². The van der Waals surface area contributed by atoms with E-state index in [1.54, 1.807) is 24.3 Å². The van der Waals surface area contributed by atoms with Gasteiger partial charge in [0, 0.05) is 9.50 Å². The van der Waals surface area contributed by atoms with Crippen molar-refractivity contribution in [2.45, 2.75) is 32.5 Å². The Bertz CT molecular complexity index is 1130. The summed E-state index contributed by atoms with van der Waals surface area (Å²) in [5.74, 6) is -0.785. The molecule has 0 aliphatic rings. The van der Waals surface area contributed by atoms with E-state index in [0.717, 1.165) is 25.2 Å². The molecule has 0 radical (unpaired) electrons. The predicted molar refractivity (Wildman–Crippen MR) is 107 cm³/mol. The van der Waals surface area contributed by atoms with Crippen molar-refractivity contribution in [1.29, 1.82) is 0 Å². The van der Waals surface area contributed by atoms with Gasteiger partial charge in [0.25, 0.3) is 5.56 Å². The molecule has 3 rings (SSSR count). The first-order chi connectivity index (χ1) is 12.6. The summed E-state index contributed by atoms with van der Waals surface area (Å²) in [6, 6.07) is 9.53. The molecule has 2 aromatic carbocycles. The Morgan fingerprint density at radius 1 is 1.15 bits per heavy atom. The summed E-state index contributed by atoms with van der Waals surface area (Å²) < 4.78 is 17.5. The first-order valence-electron chi connectivity index (χ1n) is 8.16. The minimum Gasteiger partial charge on any atom is -0.389 e. The minimum absolute atomic E-state index is 0.0130. The topological polar surface area (TPSA) is 64.2 Å². The number of hydrogen-bond donors (Lipinski definition) is 1. The quantitative estimate of drug-likeness (QED) is 0.654. The largest absolute Gasteiger partial charge is 0.389 e. The van der Waals surface area contributed by atoms with Gasteiger partial charge in [-0.05, 0) is 43.7 Å². The van der Waals surface area contributed by atoms with Gasteiger partial charge in [0.15, 0.2) is 0 Å². The van der Waals surface area contributed by atoms with Gasteiger partial charge in [-0.15, -0.1) is 0 Å². The second kappa shape index (κ2) is 7.22. The van der Waals surface area contributed by atoms with Crippen molar-refractivity contribution in [2.75, 3.05) is 0 Å². The lowest BCUT2D eigenvalue weighted by Crippen LogP contribution is -2.43. The molecule has 0 spiro atoms. The predicted octanol–water partition coefficient (Wildman–Crippen LogP) is 3.54. The van der Waals surface area contributed by atoms with E-state index in [9.17, 15) is 19.1 Å². The van der Waals surface area contributed by atoms with Gasteiger partial charge in [-0.3, -0.25) is 13.9 Å². The van der Waals surface area contributed by atoms with E-state index in [1.165, 1.54) is 19.9 Å². The van der Waals surface area contributed by atoms with E-state index >= 15 is 0 Å². The lowest BCUT2D eigenvalue weighted by Gasteiger charge is -2.21. The van der Waals surface area contributed by atoms with E-state index in [1.807, 2.05) is 0 Å². The fourth-order valence-electron chi connectivity index (χ4n) is 2.92. The Labute approximate surface area is 167 Å². The van der Waals surface area contributed by atoms with Crippen LogP contribution in [0.15, 0.2) is 50.5 Å². The average molecular weight is 456 g/mol. The van der Waals surface area contributed by atoms with E-state index in [-0.39, 0.29) is 29.0 Å². The van der Waals surface area contributed by atoms with Gasteiger partial charge < -0.3 is 5.11 Å². The van der Waals surface area contributed by atoms with Gasteiger partial charge >= 0.3 is 5.69 Å². The molecule has 0 saturated heterocycles. The Morgan fingerprint density at radius 2 is 1.78 bits per heavy atom. The van der Waals surface area contributed by atoms with Gasteiger partial charge in [-0.2, -0.15) is 0 Å². The molecule has 0 bridgehead atoms. The maximum Gasteiger partial charge on any atom is 0.331 e. The second-order valence-corrected chi connectivity index (χ2v) is 8.33. The van der Waals surface area contributed by atoms with Crippen LogP contribution in [0, 0.1) is 5.82 Å². The number of aliphatic hydroxyl groups is 1. The summed E-state index contributed by atoms with van der Waals surface area (Å²) in [4.78, 5) is 25.9. The monoisotopic (exact) mass is 454 g/mol. The number of aromatic nitrogens is 2. The molecule has 1 N–H and O–H groups in total. The highest BCUT2D eigenvalue weighted by Gasteiger charge is 2.22. The van der Waals surface area contributed by atoms with Gasteiger partial charge in [0.2, 0.25) is 0 Å². The molecule has 0 aliphatic carbocycles. The van der Waals surface area contributed by atoms with Crippen molar-refractivity contribution in [1.82, 2.24) is 9.13 Å². The zero-order valence-electron chi connectivity index (χ0n) is 14.7. The highest BCUT2D eigenvalue weighted by molar-refractivity contribution is 9.10. The summed E-state index contributed by atoms with van der Waals surface area (Å²) in [6.45, 7) is 2.84. The Morgan fingerprint density at radius 3 is 2.37 bits per heavy atom. The van der Waals surface area contributed by atoms with Gasteiger partial charge in [-0.1, -0.05) is 39.7 Å². The molecule has 0 saturated carbocycles. The van der Waals surface area contributed by atoms with E-state index in [2.05, 4.69) is 15.9 Å². The smallest absolute Gasteiger partial charge is 0.331 e. The van der Waals surface area contributed by atoms with Gasteiger partial charge in [-0.25, -0.2) is 9.18 Å². The van der Waals surface area contributed by atoms with Crippen LogP contribution in [0.25, 0.3) is 10.9 Å². The zero-order valence-corrected chi connectivity index (χ0v) is 17.0. The van der Waals surface area contributed by atoms with Crippen LogP contribution in [0.5, 0.6) is 0 Å². The summed E-state index contributed by atoms with van der Waals surface area (Å²) in [5, 5.41) is 10.2. The lowest BCUT2D eigenvalue weighted by molar-refractivity contribution is 0.0608. The molecule has 27 heavy (non-hydrogen) atoms. The number of benzene rings is 2. The summed E-state index contributed by atoms with van der Waals surface area (Å²) >= 11 is 9.26. The maximum atomic E-state index is 14.6. The van der Waals surface area contributed by atoms with E-state index in [0.29, 0.717) is 0 Å². The molecule has 1 heterocycles. The number of halogens is 3. The molecule has 0 unspecified atom stereocenters. The van der Waals surface area contributed by atoms with Gasteiger partial charge in [0.05, 0.1) is 29.6 Å². The van der Waals surface area contributed by atoms with Crippen LogP contribution in [-0.2, 0) is 13.1 Å². The molecule has 142 valence electrons. The number of rotatable bonds is 4. The molecule has 1 aromatic heterocycles. The van der Waals surface area contributed by atoms with Crippen LogP contribution < -0.4 is 11.2 Å². The summed E-state index contributed by atoms with van der Waals surface area (Å²) in [7, 11) is 0. The summed E-state index contributed by atoms with van der Waals surface area (Å²) in [5.41, 5.74) is -2.05. The average Bonchev–Trinajstić information content (AvgIpc) is 2.56. The SMILES string of the molecule is CC(C)(O)Cn1c(=O)n(Cc2ccc(Br)cc2)c(=O)c2cc(Cl)cc(F)c21. The molecular formula is C19H17BrClFN2O3.